The van der Waals surface area contributed by atoms with E-state index in [-0.39, 0.29) is 6.10 Å². The first-order valence-corrected chi connectivity index (χ1v) is 6.89. The Bertz CT molecular complexity index is 473. The molecule has 0 bridgehead atoms. The van der Waals surface area contributed by atoms with E-state index in [2.05, 4.69) is 17.4 Å². The third-order valence-corrected chi connectivity index (χ3v) is 2.98. The molecule has 20 heavy (non-hydrogen) atoms. The second-order valence-corrected chi connectivity index (χ2v) is 4.49. The Morgan fingerprint density at radius 1 is 0.900 bits per heavy atom. The molecule has 0 aliphatic rings. The number of hydrogen-bond acceptors (Lipinski definition) is 3. The molecule has 0 fully saturated rings. The van der Waals surface area contributed by atoms with E-state index in [4.69, 9.17) is 9.47 Å². The van der Waals surface area contributed by atoms with Gasteiger partial charge in [0, 0.05) is 6.54 Å². The van der Waals surface area contributed by atoms with Gasteiger partial charge in [-0.1, -0.05) is 48.5 Å². The summed E-state index contributed by atoms with van der Waals surface area (Å²) in [7, 11) is 1.93. The lowest BCUT2D eigenvalue weighted by atomic mass is 10.1. The molecule has 106 valence electrons. The fourth-order valence-corrected chi connectivity index (χ4v) is 1.99. The van der Waals surface area contributed by atoms with Crippen LogP contribution >= 0.6 is 0 Å². The van der Waals surface area contributed by atoms with Gasteiger partial charge in [-0.05, 0) is 24.7 Å². The lowest BCUT2D eigenvalue weighted by molar-refractivity contribution is 0.0341. The van der Waals surface area contributed by atoms with E-state index in [1.165, 1.54) is 5.56 Å². The summed E-state index contributed by atoms with van der Waals surface area (Å²) in [4.78, 5) is 0. The van der Waals surface area contributed by atoms with Crippen LogP contribution in [-0.2, 0) is 4.74 Å². The van der Waals surface area contributed by atoms with Crippen LogP contribution < -0.4 is 10.1 Å². The Kier molecular flexibility index (Phi) is 6.08. The van der Waals surface area contributed by atoms with Crippen molar-refractivity contribution in [2.75, 3.05) is 26.8 Å². The number of rotatable bonds is 8. The molecular formula is C17H21NO2. The van der Waals surface area contributed by atoms with Gasteiger partial charge in [-0.2, -0.15) is 0 Å². The summed E-state index contributed by atoms with van der Waals surface area (Å²) in [6.07, 6.45) is 0.0561. The highest BCUT2D eigenvalue weighted by Crippen LogP contribution is 2.16. The van der Waals surface area contributed by atoms with Crippen molar-refractivity contribution >= 4 is 0 Å². The third kappa shape index (κ3) is 4.68. The molecule has 0 saturated carbocycles. The number of benzene rings is 2. The van der Waals surface area contributed by atoms with Crippen molar-refractivity contribution in [1.29, 1.82) is 0 Å². The van der Waals surface area contributed by atoms with Crippen LogP contribution in [0.15, 0.2) is 60.7 Å². The van der Waals surface area contributed by atoms with Crippen molar-refractivity contribution in [1.82, 2.24) is 5.32 Å². The van der Waals surface area contributed by atoms with Crippen LogP contribution in [0.1, 0.15) is 11.7 Å². The number of para-hydroxylation sites is 1. The molecule has 0 saturated heterocycles. The molecule has 0 aromatic heterocycles. The highest BCUT2D eigenvalue weighted by atomic mass is 16.5. The molecular weight excluding hydrogens is 250 g/mol. The average molecular weight is 271 g/mol. The number of hydrogen-bond donors (Lipinski definition) is 1. The van der Waals surface area contributed by atoms with Crippen molar-refractivity contribution < 1.29 is 9.47 Å². The molecule has 1 N–H and O–H groups in total. The standard InChI is InChI=1S/C17H21NO2/c1-18-14-17(15-8-4-2-5-9-15)20-13-12-19-16-10-6-3-7-11-16/h2-11,17-18H,12-14H2,1H3. The summed E-state index contributed by atoms with van der Waals surface area (Å²) >= 11 is 0. The van der Waals surface area contributed by atoms with Gasteiger partial charge in [-0.15, -0.1) is 0 Å². The Labute approximate surface area is 120 Å². The van der Waals surface area contributed by atoms with Crippen molar-refractivity contribution in [3.05, 3.63) is 66.2 Å². The summed E-state index contributed by atoms with van der Waals surface area (Å²) in [6.45, 7) is 1.91. The maximum absolute atomic E-state index is 5.90. The number of nitrogens with one attached hydrogen (secondary N) is 1. The minimum atomic E-state index is 0.0561. The minimum Gasteiger partial charge on any atom is -0.491 e. The molecule has 1 atom stereocenters. The highest BCUT2D eigenvalue weighted by molar-refractivity contribution is 5.21. The maximum Gasteiger partial charge on any atom is 0.119 e. The number of likely N-dealkylation sites (N-methyl/N-ethyl adjacent to an activating group) is 1. The van der Waals surface area contributed by atoms with Crippen molar-refractivity contribution in [3.63, 3.8) is 0 Å². The lowest BCUT2D eigenvalue weighted by Crippen LogP contribution is -2.21. The van der Waals surface area contributed by atoms with E-state index in [9.17, 15) is 0 Å². The predicted octanol–water partition coefficient (Wildman–Crippen LogP) is 3.04. The largest absolute Gasteiger partial charge is 0.491 e. The normalized spacial score (nSPS) is 12.1. The zero-order chi connectivity index (χ0) is 14.0. The smallest absolute Gasteiger partial charge is 0.119 e. The van der Waals surface area contributed by atoms with Gasteiger partial charge in [0.1, 0.15) is 12.4 Å². The number of ether oxygens (including phenoxy) is 2. The summed E-state index contributed by atoms with van der Waals surface area (Å²) < 4.78 is 11.5. The Hall–Kier alpha value is -1.84. The van der Waals surface area contributed by atoms with Crippen molar-refractivity contribution in [2.24, 2.45) is 0 Å². The van der Waals surface area contributed by atoms with Crippen LogP contribution in [0, 0.1) is 0 Å². The van der Waals surface area contributed by atoms with Crippen LogP contribution in [0.3, 0.4) is 0 Å². The molecule has 3 heteroatoms. The van der Waals surface area contributed by atoms with Crippen LogP contribution in [-0.4, -0.2) is 26.8 Å². The Morgan fingerprint density at radius 3 is 2.20 bits per heavy atom. The summed E-state index contributed by atoms with van der Waals surface area (Å²) in [5, 5.41) is 3.16. The molecule has 2 rings (SSSR count). The first-order valence-electron chi connectivity index (χ1n) is 6.89. The molecule has 0 aliphatic heterocycles. The Morgan fingerprint density at radius 2 is 1.55 bits per heavy atom. The summed E-state index contributed by atoms with van der Waals surface area (Å²) in [5.41, 5.74) is 1.18. The Balaban J connectivity index is 1.78. The van der Waals surface area contributed by atoms with Gasteiger partial charge in [0.15, 0.2) is 0 Å². The first-order chi connectivity index (χ1) is 9.90. The molecule has 2 aromatic rings. The van der Waals surface area contributed by atoms with Crippen LogP contribution in [0.5, 0.6) is 5.75 Å². The zero-order valence-corrected chi connectivity index (χ0v) is 11.8. The topological polar surface area (TPSA) is 30.5 Å². The van der Waals surface area contributed by atoms with Gasteiger partial charge in [-0.25, -0.2) is 0 Å². The predicted molar refractivity (Wildman–Crippen MR) is 81.0 cm³/mol. The van der Waals surface area contributed by atoms with Gasteiger partial charge in [0.25, 0.3) is 0 Å². The van der Waals surface area contributed by atoms with Crippen LogP contribution in [0.25, 0.3) is 0 Å². The SMILES string of the molecule is CNCC(OCCOc1ccccc1)c1ccccc1. The van der Waals surface area contributed by atoms with E-state index >= 15 is 0 Å². The molecule has 3 nitrogen and oxygen atoms in total. The molecule has 0 radical (unpaired) electrons. The van der Waals surface area contributed by atoms with Gasteiger partial charge >= 0.3 is 0 Å². The quantitative estimate of drug-likeness (QED) is 0.749. The zero-order valence-electron chi connectivity index (χ0n) is 11.8. The van der Waals surface area contributed by atoms with Gasteiger partial charge in [-0.3, -0.25) is 0 Å². The summed E-state index contributed by atoms with van der Waals surface area (Å²) in [5.74, 6) is 0.876. The third-order valence-electron chi connectivity index (χ3n) is 2.98. The van der Waals surface area contributed by atoms with E-state index in [0.29, 0.717) is 13.2 Å². The second-order valence-electron chi connectivity index (χ2n) is 4.49. The lowest BCUT2D eigenvalue weighted by Gasteiger charge is -2.18. The molecule has 1 unspecified atom stereocenters. The van der Waals surface area contributed by atoms with E-state index in [1.807, 2.05) is 55.6 Å². The van der Waals surface area contributed by atoms with Crippen LogP contribution in [0.2, 0.25) is 0 Å². The monoisotopic (exact) mass is 271 g/mol. The fraction of sp³-hybridized carbons (Fsp3) is 0.294. The van der Waals surface area contributed by atoms with Gasteiger partial charge in [0.2, 0.25) is 0 Å². The average Bonchev–Trinajstić information content (AvgIpc) is 2.52. The molecule has 2 aromatic carbocycles. The van der Waals surface area contributed by atoms with Crippen molar-refractivity contribution in [2.45, 2.75) is 6.10 Å². The van der Waals surface area contributed by atoms with Gasteiger partial charge in [0.05, 0.1) is 12.7 Å². The van der Waals surface area contributed by atoms with E-state index in [1.54, 1.807) is 0 Å². The molecule has 0 amide bonds. The first kappa shape index (κ1) is 14.6. The maximum atomic E-state index is 5.90. The van der Waals surface area contributed by atoms with E-state index in [0.717, 1.165) is 12.3 Å². The van der Waals surface area contributed by atoms with Crippen molar-refractivity contribution in [3.8, 4) is 5.75 Å². The van der Waals surface area contributed by atoms with Crippen LogP contribution in [0.4, 0.5) is 0 Å². The fourth-order valence-electron chi connectivity index (χ4n) is 1.99. The summed E-state index contributed by atoms with van der Waals surface area (Å²) in [6, 6.07) is 20.0. The molecule has 0 aliphatic carbocycles. The highest BCUT2D eigenvalue weighted by Gasteiger charge is 2.10. The minimum absolute atomic E-state index is 0.0561. The molecule has 0 heterocycles. The molecule has 0 spiro atoms. The van der Waals surface area contributed by atoms with Gasteiger partial charge < -0.3 is 14.8 Å². The van der Waals surface area contributed by atoms with E-state index < -0.39 is 0 Å². The second kappa shape index (κ2) is 8.35.